The highest BCUT2D eigenvalue weighted by Gasteiger charge is 2.64. The molecule has 1 aromatic rings. The van der Waals surface area contributed by atoms with E-state index in [1.807, 2.05) is 6.92 Å². The number of hydrogen-bond donors (Lipinski definition) is 2. The smallest absolute Gasteiger partial charge is 0.204 e. The van der Waals surface area contributed by atoms with Crippen LogP contribution < -0.4 is 15.4 Å². The Balaban J connectivity index is 2.09. The van der Waals surface area contributed by atoms with Crippen molar-refractivity contribution in [3.63, 3.8) is 0 Å². The molecule has 5 heteroatoms. The molecule has 0 aromatic carbocycles. The number of nitrogens with zero attached hydrogens (tertiary/aromatic N) is 2. The monoisotopic (exact) mass is 278 g/mol. The lowest BCUT2D eigenvalue weighted by atomic mass is 10.0. The van der Waals surface area contributed by atoms with E-state index in [4.69, 9.17) is 4.74 Å². The average molecular weight is 278 g/mol. The number of methoxy groups -OCH3 is 1. The first-order valence-electron chi connectivity index (χ1n) is 7.23. The summed E-state index contributed by atoms with van der Waals surface area (Å²) in [6.07, 6.45) is 1.56. The maximum Gasteiger partial charge on any atom is 0.204 e. The first kappa shape index (κ1) is 14.9. The quantitative estimate of drug-likeness (QED) is 0.837. The highest BCUT2D eigenvalue weighted by molar-refractivity contribution is 5.63. The Morgan fingerprint density at radius 2 is 1.65 bits per heavy atom. The zero-order valence-corrected chi connectivity index (χ0v) is 13.4. The van der Waals surface area contributed by atoms with Gasteiger partial charge < -0.3 is 15.4 Å². The molecule has 1 aliphatic rings. The number of rotatable bonds is 6. The van der Waals surface area contributed by atoms with Crippen LogP contribution in [-0.2, 0) is 0 Å². The average Bonchev–Trinajstić information content (AvgIpc) is 2.77. The van der Waals surface area contributed by atoms with Crippen LogP contribution in [0, 0.1) is 16.7 Å². The van der Waals surface area contributed by atoms with Gasteiger partial charge in [-0.3, -0.25) is 0 Å². The molecule has 0 aliphatic heterocycles. The van der Waals surface area contributed by atoms with Crippen LogP contribution >= 0.6 is 0 Å². The highest BCUT2D eigenvalue weighted by atomic mass is 16.5. The molecule has 0 unspecified atom stereocenters. The van der Waals surface area contributed by atoms with Crippen molar-refractivity contribution in [2.24, 2.45) is 16.7 Å². The summed E-state index contributed by atoms with van der Waals surface area (Å²) in [4.78, 5) is 8.51. The molecule has 2 N–H and O–H groups in total. The molecule has 1 heterocycles. The highest BCUT2D eigenvalue weighted by Crippen LogP contribution is 2.68. The molecule has 112 valence electrons. The van der Waals surface area contributed by atoms with Gasteiger partial charge in [-0.2, -0.15) is 0 Å². The van der Waals surface area contributed by atoms with Crippen molar-refractivity contribution in [1.29, 1.82) is 0 Å². The van der Waals surface area contributed by atoms with Crippen LogP contribution in [0.3, 0.4) is 0 Å². The fourth-order valence-electron chi connectivity index (χ4n) is 3.03. The van der Waals surface area contributed by atoms with E-state index in [0.717, 1.165) is 24.7 Å². The van der Waals surface area contributed by atoms with Crippen molar-refractivity contribution >= 4 is 11.6 Å². The topological polar surface area (TPSA) is 59.1 Å². The lowest BCUT2D eigenvalue weighted by Gasteiger charge is -2.14. The Labute approximate surface area is 121 Å². The standard InChI is InChI=1S/C15H26N4O/c1-7-16-12-11(20-6)13(19-9-18-12)17-8-10-14(2,3)15(10,4)5/h9-10H,7-8H2,1-6H3,(H2,16,17,18,19). The first-order chi connectivity index (χ1) is 9.36. The Morgan fingerprint density at radius 3 is 2.10 bits per heavy atom. The van der Waals surface area contributed by atoms with Crippen LogP contribution in [0.1, 0.15) is 34.6 Å². The summed E-state index contributed by atoms with van der Waals surface area (Å²) in [5, 5.41) is 6.61. The Morgan fingerprint density at radius 1 is 1.10 bits per heavy atom. The molecule has 5 nitrogen and oxygen atoms in total. The molecule has 0 amide bonds. The van der Waals surface area contributed by atoms with E-state index in [-0.39, 0.29) is 0 Å². The molecule has 1 aliphatic carbocycles. The zero-order chi connectivity index (χ0) is 15.0. The molecule has 1 saturated carbocycles. The summed E-state index contributed by atoms with van der Waals surface area (Å²) < 4.78 is 5.44. The number of hydrogen-bond acceptors (Lipinski definition) is 5. The van der Waals surface area contributed by atoms with E-state index in [2.05, 4.69) is 48.3 Å². The summed E-state index contributed by atoms with van der Waals surface area (Å²) in [6, 6.07) is 0. The molecule has 2 rings (SSSR count). The van der Waals surface area contributed by atoms with Gasteiger partial charge in [0.2, 0.25) is 5.75 Å². The Hall–Kier alpha value is -1.52. The van der Waals surface area contributed by atoms with Crippen LogP contribution in [0.15, 0.2) is 6.33 Å². The van der Waals surface area contributed by atoms with E-state index in [9.17, 15) is 0 Å². The molecule has 1 fully saturated rings. The largest absolute Gasteiger partial charge is 0.490 e. The van der Waals surface area contributed by atoms with Crippen LogP contribution in [0.5, 0.6) is 5.75 Å². The van der Waals surface area contributed by atoms with Gasteiger partial charge in [-0.05, 0) is 23.7 Å². The van der Waals surface area contributed by atoms with Crippen molar-refractivity contribution < 1.29 is 4.74 Å². The van der Waals surface area contributed by atoms with Crippen molar-refractivity contribution in [1.82, 2.24) is 9.97 Å². The predicted molar refractivity (Wildman–Crippen MR) is 82.3 cm³/mol. The molecule has 0 radical (unpaired) electrons. The molecule has 1 aromatic heterocycles. The van der Waals surface area contributed by atoms with Crippen LogP contribution in [0.25, 0.3) is 0 Å². The second kappa shape index (κ2) is 5.11. The lowest BCUT2D eigenvalue weighted by molar-refractivity contribution is 0.414. The van der Waals surface area contributed by atoms with Crippen LogP contribution in [0.2, 0.25) is 0 Å². The maximum absolute atomic E-state index is 5.44. The third kappa shape index (κ3) is 2.30. The number of aromatic nitrogens is 2. The number of ether oxygens (including phenoxy) is 1. The molecule has 0 spiro atoms. The minimum absolute atomic E-state index is 0.366. The predicted octanol–water partition coefficient (Wildman–Crippen LogP) is 3.01. The molecule has 20 heavy (non-hydrogen) atoms. The lowest BCUT2D eigenvalue weighted by Crippen LogP contribution is -2.12. The van der Waals surface area contributed by atoms with Crippen molar-refractivity contribution in [3.05, 3.63) is 6.33 Å². The molecule has 0 bridgehead atoms. The summed E-state index contributed by atoms with van der Waals surface area (Å²) in [5.74, 6) is 2.82. The van der Waals surface area contributed by atoms with Gasteiger partial charge in [-0.15, -0.1) is 0 Å². The van der Waals surface area contributed by atoms with Crippen molar-refractivity contribution in [2.45, 2.75) is 34.6 Å². The summed E-state index contributed by atoms with van der Waals surface area (Å²) in [6.45, 7) is 13.0. The number of anilines is 2. The Bertz CT molecular complexity index is 471. The summed E-state index contributed by atoms with van der Waals surface area (Å²) in [5.41, 5.74) is 0.732. The molecular weight excluding hydrogens is 252 g/mol. The van der Waals surface area contributed by atoms with Crippen molar-refractivity contribution in [3.8, 4) is 5.75 Å². The normalized spacial score (nSPS) is 19.5. The maximum atomic E-state index is 5.44. The van der Waals surface area contributed by atoms with E-state index in [1.165, 1.54) is 0 Å². The van der Waals surface area contributed by atoms with Gasteiger partial charge >= 0.3 is 0 Å². The van der Waals surface area contributed by atoms with Crippen LogP contribution in [0.4, 0.5) is 11.6 Å². The van der Waals surface area contributed by atoms with E-state index in [1.54, 1.807) is 13.4 Å². The fraction of sp³-hybridized carbons (Fsp3) is 0.733. The molecule has 0 saturated heterocycles. The van der Waals surface area contributed by atoms with Gasteiger partial charge in [0.1, 0.15) is 6.33 Å². The number of nitrogens with one attached hydrogen (secondary N) is 2. The third-order valence-electron chi connectivity index (χ3n) is 5.15. The van der Waals surface area contributed by atoms with E-state index >= 15 is 0 Å². The van der Waals surface area contributed by atoms with Gasteiger partial charge in [0.15, 0.2) is 11.6 Å². The summed E-state index contributed by atoms with van der Waals surface area (Å²) >= 11 is 0. The minimum Gasteiger partial charge on any atom is -0.490 e. The second-order valence-electron chi connectivity index (χ2n) is 6.51. The summed E-state index contributed by atoms with van der Waals surface area (Å²) in [7, 11) is 1.65. The second-order valence-corrected chi connectivity index (χ2v) is 6.51. The fourth-order valence-corrected chi connectivity index (χ4v) is 3.03. The van der Waals surface area contributed by atoms with Gasteiger partial charge in [0.25, 0.3) is 0 Å². The van der Waals surface area contributed by atoms with Gasteiger partial charge in [-0.1, -0.05) is 27.7 Å². The minimum atomic E-state index is 0.366. The first-order valence-corrected chi connectivity index (χ1v) is 7.23. The van der Waals surface area contributed by atoms with Gasteiger partial charge in [0.05, 0.1) is 7.11 Å². The van der Waals surface area contributed by atoms with Crippen LogP contribution in [-0.4, -0.2) is 30.2 Å². The molecule has 0 atom stereocenters. The molecular formula is C15H26N4O. The zero-order valence-electron chi connectivity index (χ0n) is 13.4. The van der Waals surface area contributed by atoms with E-state index in [0.29, 0.717) is 22.5 Å². The van der Waals surface area contributed by atoms with Crippen molar-refractivity contribution in [2.75, 3.05) is 30.8 Å². The Kier molecular flexibility index (Phi) is 3.80. The SMILES string of the molecule is CCNc1ncnc(NCC2C(C)(C)C2(C)C)c1OC. The third-order valence-corrected chi connectivity index (χ3v) is 5.15. The van der Waals surface area contributed by atoms with Gasteiger partial charge in [-0.25, -0.2) is 9.97 Å². The van der Waals surface area contributed by atoms with E-state index < -0.39 is 0 Å². The van der Waals surface area contributed by atoms with Gasteiger partial charge in [0, 0.05) is 13.1 Å².